The Hall–Kier alpha value is -1.61. The van der Waals surface area contributed by atoms with E-state index in [-0.39, 0.29) is 0 Å². The summed E-state index contributed by atoms with van der Waals surface area (Å²) < 4.78 is 5.95. The molecule has 0 bridgehead atoms. The molecule has 3 rings (SSSR count). The molecule has 0 spiro atoms. The maximum absolute atomic E-state index is 5.95. The fourth-order valence-electron chi connectivity index (χ4n) is 2.59. The highest BCUT2D eigenvalue weighted by atomic mass is 16.5. The van der Waals surface area contributed by atoms with Crippen molar-refractivity contribution in [2.75, 3.05) is 26.7 Å². The van der Waals surface area contributed by atoms with Gasteiger partial charge in [0.2, 0.25) is 0 Å². The van der Waals surface area contributed by atoms with Crippen LogP contribution in [0.25, 0.3) is 10.8 Å². The van der Waals surface area contributed by atoms with Crippen LogP contribution in [0.1, 0.15) is 12.8 Å². The van der Waals surface area contributed by atoms with Crippen LogP contribution in [-0.4, -0.2) is 36.6 Å². The Bertz CT molecular complexity index is 547. The first-order chi connectivity index (χ1) is 9.31. The Labute approximate surface area is 114 Å². The zero-order valence-electron chi connectivity index (χ0n) is 11.4. The van der Waals surface area contributed by atoms with Crippen molar-refractivity contribution in [1.82, 2.24) is 9.88 Å². The van der Waals surface area contributed by atoms with Gasteiger partial charge in [-0.15, -0.1) is 0 Å². The lowest BCUT2D eigenvalue weighted by Gasteiger charge is -2.28. The van der Waals surface area contributed by atoms with Gasteiger partial charge in [-0.05, 0) is 68.5 Å². The number of nitrogens with zero attached hydrogens (tertiary/aromatic N) is 2. The Morgan fingerprint density at radius 2 is 2.05 bits per heavy atom. The zero-order chi connectivity index (χ0) is 13.1. The molecule has 2 heterocycles. The SMILES string of the molecule is CN1CCC(COc2ccc3cnccc3c2)CC1. The zero-order valence-corrected chi connectivity index (χ0v) is 11.4. The summed E-state index contributed by atoms with van der Waals surface area (Å²) in [5, 5.41) is 2.35. The summed E-state index contributed by atoms with van der Waals surface area (Å²) >= 11 is 0. The summed E-state index contributed by atoms with van der Waals surface area (Å²) in [5.74, 6) is 1.67. The summed E-state index contributed by atoms with van der Waals surface area (Å²) in [5.41, 5.74) is 0. The first kappa shape index (κ1) is 12.4. The van der Waals surface area contributed by atoms with Gasteiger partial charge in [-0.1, -0.05) is 0 Å². The number of aromatic nitrogens is 1. The van der Waals surface area contributed by atoms with Crippen LogP contribution < -0.4 is 4.74 Å². The van der Waals surface area contributed by atoms with Gasteiger partial charge >= 0.3 is 0 Å². The van der Waals surface area contributed by atoms with Crippen LogP contribution in [0.15, 0.2) is 36.7 Å². The molecule has 0 radical (unpaired) electrons. The van der Waals surface area contributed by atoms with E-state index >= 15 is 0 Å². The highest BCUT2D eigenvalue weighted by Gasteiger charge is 2.17. The third-order valence-corrected chi connectivity index (χ3v) is 3.94. The number of hydrogen-bond acceptors (Lipinski definition) is 3. The van der Waals surface area contributed by atoms with Crippen LogP contribution in [0.3, 0.4) is 0 Å². The van der Waals surface area contributed by atoms with Crippen molar-refractivity contribution >= 4 is 10.8 Å². The molecule has 0 atom stereocenters. The Morgan fingerprint density at radius 3 is 2.89 bits per heavy atom. The largest absolute Gasteiger partial charge is 0.493 e. The van der Waals surface area contributed by atoms with Crippen molar-refractivity contribution in [3.63, 3.8) is 0 Å². The normalized spacial score (nSPS) is 17.7. The van der Waals surface area contributed by atoms with Crippen molar-refractivity contribution < 1.29 is 4.74 Å². The molecule has 2 aromatic rings. The lowest BCUT2D eigenvalue weighted by atomic mass is 9.98. The van der Waals surface area contributed by atoms with Crippen LogP contribution in [0.4, 0.5) is 0 Å². The third-order valence-electron chi connectivity index (χ3n) is 3.94. The molecular weight excluding hydrogens is 236 g/mol. The van der Waals surface area contributed by atoms with Crippen molar-refractivity contribution in [1.29, 1.82) is 0 Å². The van der Waals surface area contributed by atoms with Crippen LogP contribution >= 0.6 is 0 Å². The molecule has 0 N–H and O–H groups in total. The van der Waals surface area contributed by atoms with Gasteiger partial charge in [0, 0.05) is 17.8 Å². The monoisotopic (exact) mass is 256 g/mol. The average Bonchev–Trinajstić information content (AvgIpc) is 2.46. The van der Waals surface area contributed by atoms with E-state index in [4.69, 9.17) is 4.74 Å². The minimum atomic E-state index is 0.698. The van der Waals surface area contributed by atoms with E-state index in [1.54, 1.807) is 0 Å². The molecule has 1 aromatic heterocycles. The number of likely N-dealkylation sites (tertiary alicyclic amines) is 1. The average molecular weight is 256 g/mol. The number of benzene rings is 1. The number of ether oxygens (including phenoxy) is 1. The molecule has 0 amide bonds. The van der Waals surface area contributed by atoms with E-state index < -0.39 is 0 Å². The number of hydrogen-bond donors (Lipinski definition) is 0. The quantitative estimate of drug-likeness (QED) is 0.844. The standard InChI is InChI=1S/C16H20N2O/c1-18-8-5-13(6-9-18)12-19-16-3-2-15-11-17-7-4-14(15)10-16/h2-4,7,10-11,13H,5-6,8-9,12H2,1H3. The van der Waals surface area contributed by atoms with Gasteiger partial charge in [-0.2, -0.15) is 0 Å². The first-order valence-electron chi connectivity index (χ1n) is 6.96. The molecule has 3 nitrogen and oxygen atoms in total. The molecule has 3 heteroatoms. The van der Waals surface area contributed by atoms with Gasteiger partial charge < -0.3 is 9.64 Å². The lowest BCUT2D eigenvalue weighted by Crippen LogP contribution is -2.32. The second-order valence-electron chi connectivity index (χ2n) is 5.44. The molecule has 1 fully saturated rings. The number of piperidine rings is 1. The van der Waals surface area contributed by atoms with Crippen molar-refractivity contribution in [3.8, 4) is 5.75 Å². The second-order valence-corrected chi connectivity index (χ2v) is 5.44. The molecule has 0 aliphatic carbocycles. The van der Waals surface area contributed by atoms with Crippen molar-refractivity contribution in [2.24, 2.45) is 5.92 Å². The van der Waals surface area contributed by atoms with Crippen LogP contribution in [0.2, 0.25) is 0 Å². The Kier molecular flexibility index (Phi) is 3.65. The second kappa shape index (κ2) is 5.57. The van der Waals surface area contributed by atoms with Gasteiger partial charge in [-0.25, -0.2) is 0 Å². The predicted octanol–water partition coefficient (Wildman–Crippen LogP) is 2.96. The lowest BCUT2D eigenvalue weighted by molar-refractivity contribution is 0.160. The molecule has 1 aliphatic heterocycles. The molecule has 1 saturated heterocycles. The fraction of sp³-hybridized carbons (Fsp3) is 0.438. The number of fused-ring (bicyclic) bond motifs is 1. The third kappa shape index (κ3) is 3.04. The summed E-state index contributed by atoms with van der Waals surface area (Å²) in [7, 11) is 2.19. The van der Waals surface area contributed by atoms with E-state index in [2.05, 4.69) is 29.1 Å². The van der Waals surface area contributed by atoms with E-state index in [1.165, 1.54) is 31.3 Å². The van der Waals surface area contributed by atoms with Crippen LogP contribution in [0.5, 0.6) is 5.75 Å². The highest BCUT2D eigenvalue weighted by molar-refractivity contribution is 5.82. The molecule has 1 aromatic carbocycles. The smallest absolute Gasteiger partial charge is 0.119 e. The van der Waals surface area contributed by atoms with E-state index in [0.717, 1.165) is 17.7 Å². The van der Waals surface area contributed by atoms with Gasteiger partial charge in [0.25, 0.3) is 0 Å². The maximum atomic E-state index is 5.95. The number of pyridine rings is 1. The fourth-order valence-corrected chi connectivity index (χ4v) is 2.59. The maximum Gasteiger partial charge on any atom is 0.119 e. The van der Waals surface area contributed by atoms with Crippen LogP contribution in [0, 0.1) is 5.92 Å². The van der Waals surface area contributed by atoms with E-state index in [9.17, 15) is 0 Å². The first-order valence-corrected chi connectivity index (χ1v) is 6.96. The molecule has 0 saturated carbocycles. The summed E-state index contributed by atoms with van der Waals surface area (Å²) in [6.45, 7) is 3.22. The minimum absolute atomic E-state index is 0.698. The van der Waals surface area contributed by atoms with Crippen molar-refractivity contribution in [2.45, 2.75) is 12.8 Å². The molecule has 0 unspecified atom stereocenters. The van der Waals surface area contributed by atoms with E-state index in [0.29, 0.717) is 5.92 Å². The summed E-state index contributed by atoms with van der Waals surface area (Å²) in [4.78, 5) is 6.51. The topological polar surface area (TPSA) is 25.4 Å². The highest BCUT2D eigenvalue weighted by Crippen LogP contribution is 2.22. The predicted molar refractivity (Wildman–Crippen MR) is 77.5 cm³/mol. The van der Waals surface area contributed by atoms with Gasteiger partial charge in [0.1, 0.15) is 5.75 Å². The number of rotatable bonds is 3. The van der Waals surface area contributed by atoms with Gasteiger partial charge in [0.15, 0.2) is 0 Å². The Morgan fingerprint density at radius 1 is 1.21 bits per heavy atom. The summed E-state index contributed by atoms with van der Waals surface area (Å²) in [6.07, 6.45) is 6.20. The van der Waals surface area contributed by atoms with Gasteiger partial charge in [-0.3, -0.25) is 4.98 Å². The van der Waals surface area contributed by atoms with Crippen molar-refractivity contribution in [3.05, 3.63) is 36.7 Å². The molecular formula is C16H20N2O. The summed E-state index contributed by atoms with van der Waals surface area (Å²) in [6, 6.07) is 8.25. The molecule has 19 heavy (non-hydrogen) atoms. The minimum Gasteiger partial charge on any atom is -0.493 e. The molecule has 100 valence electrons. The Balaban J connectivity index is 1.62. The molecule has 1 aliphatic rings. The van der Waals surface area contributed by atoms with E-state index in [1.807, 2.05) is 24.5 Å². The van der Waals surface area contributed by atoms with Gasteiger partial charge in [0.05, 0.1) is 6.61 Å². The van der Waals surface area contributed by atoms with Crippen LogP contribution in [-0.2, 0) is 0 Å².